The van der Waals surface area contributed by atoms with Crippen molar-refractivity contribution >= 4 is 17.4 Å². The lowest BCUT2D eigenvalue weighted by molar-refractivity contribution is -0.116. The summed E-state index contributed by atoms with van der Waals surface area (Å²) >= 11 is 0. The van der Waals surface area contributed by atoms with Gasteiger partial charge in [0, 0.05) is 23.4 Å². The molecule has 6 heteroatoms. The third-order valence-electron chi connectivity index (χ3n) is 5.42. The first kappa shape index (κ1) is 19.1. The van der Waals surface area contributed by atoms with Crippen LogP contribution in [0.3, 0.4) is 0 Å². The molecule has 1 aliphatic heterocycles. The predicted octanol–water partition coefficient (Wildman–Crippen LogP) is 4.20. The van der Waals surface area contributed by atoms with Gasteiger partial charge in [0.25, 0.3) is 5.91 Å². The van der Waals surface area contributed by atoms with Gasteiger partial charge in [-0.2, -0.15) is 0 Å². The van der Waals surface area contributed by atoms with Crippen LogP contribution in [0.15, 0.2) is 63.4 Å². The normalized spacial score (nSPS) is 19.0. The Morgan fingerprint density at radius 2 is 1.97 bits per heavy atom. The van der Waals surface area contributed by atoms with Crippen LogP contribution < -0.4 is 15.4 Å². The number of hydrogen-bond acceptors (Lipinski definition) is 5. The zero-order valence-electron chi connectivity index (χ0n) is 16.8. The first-order valence-electron chi connectivity index (χ1n) is 9.74. The summed E-state index contributed by atoms with van der Waals surface area (Å²) in [5, 5.41) is 6.25. The Labute approximate surface area is 169 Å². The summed E-state index contributed by atoms with van der Waals surface area (Å²) in [6.07, 6.45) is 2.08. The molecule has 0 bridgehead atoms. The number of dihydropyridines is 1. The Kier molecular flexibility index (Phi) is 5.01. The maximum atomic E-state index is 13.4. The molecule has 1 aromatic carbocycles. The number of carbonyl (C=O) groups is 2. The minimum absolute atomic E-state index is 0.0629. The van der Waals surface area contributed by atoms with E-state index in [0.717, 1.165) is 30.0 Å². The molecule has 0 spiro atoms. The van der Waals surface area contributed by atoms with Gasteiger partial charge in [-0.3, -0.25) is 9.59 Å². The maximum absolute atomic E-state index is 13.4. The molecule has 2 heterocycles. The molecule has 2 aromatic rings. The number of Topliss-reactive ketones (excluding diaryl/α,β-unsaturated/α-hetero) is 1. The highest BCUT2D eigenvalue weighted by molar-refractivity contribution is 6.10. The molecule has 0 unspecified atom stereocenters. The van der Waals surface area contributed by atoms with Gasteiger partial charge >= 0.3 is 0 Å². The van der Waals surface area contributed by atoms with E-state index in [9.17, 15) is 9.59 Å². The number of furan rings is 1. The lowest BCUT2D eigenvalue weighted by Crippen LogP contribution is -2.35. The highest BCUT2D eigenvalue weighted by atomic mass is 16.5. The topological polar surface area (TPSA) is 80.6 Å². The number of rotatable bonds is 4. The Balaban J connectivity index is 1.77. The fraction of sp³-hybridized carbons (Fsp3) is 0.304. The van der Waals surface area contributed by atoms with Crippen LogP contribution in [0.4, 0.5) is 5.69 Å². The summed E-state index contributed by atoms with van der Waals surface area (Å²) in [7, 11) is 1.56. The van der Waals surface area contributed by atoms with Crippen LogP contribution in [-0.4, -0.2) is 18.8 Å². The average Bonchev–Trinajstić information content (AvgIpc) is 3.13. The van der Waals surface area contributed by atoms with Crippen molar-refractivity contribution in [2.75, 3.05) is 12.4 Å². The molecule has 0 saturated carbocycles. The predicted molar refractivity (Wildman–Crippen MR) is 110 cm³/mol. The molecule has 6 nitrogen and oxygen atoms in total. The standard InChI is InChI=1S/C23H24N2O4/c1-13-11-12-19(29-13)22-20(14(2)24-16-8-6-9-17(26)21(16)22)23(27)25-15-7-4-5-10-18(15)28-3/h4-5,7,10-12,22,24H,6,8-9H2,1-3H3,(H,25,27)/t22-/m1/s1. The number of nitrogens with one attached hydrogen (secondary N) is 2. The van der Waals surface area contributed by atoms with E-state index in [1.54, 1.807) is 19.2 Å². The summed E-state index contributed by atoms with van der Waals surface area (Å²) in [5.41, 5.74) is 3.32. The highest BCUT2D eigenvalue weighted by Crippen LogP contribution is 2.43. The summed E-state index contributed by atoms with van der Waals surface area (Å²) < 4.78 is 11.2. The van der Waals surface area contributed by atoms with E-state index < -0.39 is 5.92 Å². The van der Waals surface area contributed by atoms with E-state index in [-0.39, 0.29) is 11.7 Å². The fourth-order valence-corrected chi connectivity index (χ4v) is 4.11. The summed E-state index contributed by atoms with van der Waals surface area (Å²) in [5.74, 6) is 1.17. The lowest BCUT2D eigenvalue weighted by Gasteiger charge is -2.33. The van der Waals surface area contributed by atoms with Crippen LogP contribution in [0.25, 0.3) is 0 Å². The third-order valence-corrected chi connectivity index (χ3v) is 5.42. The molecular formula is C23H24N2O4. The van der Waals surface area contributed by atoms with E-state index >= 15 is 0 Å². The second kappa shape index (κ2) is 7.62. The van der Waals surface area contributed by atoms with Crippen molar-refractivity contribution in [3.63, 3.8) is 0 Å². The molecule has 1 atom stereocenters. The van der Waals surface area contributed by atoms with Crippen molar-refractivity contribution in [2.45, 2.75) is 39.0 Å². The van der Waals surface area contributed by atoms with Crippen molar-refractivity contribution in [3.8, 4) is 5.75 Å². The van der Waals surface area contributed by atoms with Crippen molar-refractivity contribution in [1.82, 2.24) is 5.32 Å². The zero-order chi connectivity index (χ0) is 20.5. The minimum atomic E-state index is -0.526. The number of aryl methyl sites for hydroxylation is 1. The molecule has 1 aliphatic carbocycles. The molecule has 0 radical (unpaired) electrons. The number of amides is 1. The second-order valence-corrected chi connectivity index (χ2v) is 7.37. The molecule has 1 aromatic heterocycles. The first-order valence-corrected chi connectivity index (χ1v) is 9.74. The number of benzene rings is 1. The number of allylic oxidation sites excluding steroid dienone is 3. The Bertz CT molecular complexity index is 1040. The van der Waals surface area contributed by atoms with Gasteiger partial charge in [0.1, 0.15) is 17.3 Å². The number of carbonyl (C=O) groups excluding carboxylic acids is 2. The summed E-state index contributed by atoms with van der Waals surface area (Å²) in [4.78, 5) is 26.2. The van der Waals surface area contributed by atoms with E-state index in [1.165, 1.54) is 0 Å². The van der Waals surface area contributed by atoms with Crippen LogP contribution in [0.5, 0.6) is 5.75 Å². The monoisotopic (exact) mass is 392 g/mol. The van der Waals surface area contributed by atoms with E-state index in [2.05, 4.69) is 10.6 Å². The Morgan fingerprint density at radius 1 is 1.17 bits per heavy atom. The molecule has 0 saturated heterocycles. The third kappa shape index (κ3) is 3.46. The molecule has 0 fully saturated rings. The van der Waals surface area contributed by atoms with Crippen LogP contribution >= 0.6 is 0 Å². The van der Waals surface area contributed by atoms with E-state index in [1.807, 2.05) is 38.1 Å². The fourth-order valence-electron chi connectivity index (χ4n) is 4.11. The van der Waals surface area contributed by atoms with Gasteiger partial charge in [0.2, 0.25) is 0 Å². The Morgan fingerprint density at radius 3 is 2.69 bits per heavy atom. The zero-order valence-corrected chi connectivity index (χ0v) is 16.8. The number of ketones is 1. The van der Waals surface area contributed by atoms with Crippen molar-refractivity contribution in [1.29, 1.82) is 0 Å². The smallest absolute Gasteiger partial charge is 0.254 e. The quantitative estimate of drug-likeness (QED) is 0.815. The minimum Gasteiger partial charge on any atom is -0.495 e. The Hall–Kier alpha value is -3.28. The van der Waals surface area contributed by atoms with Gasteiger partial charge in [0.15, 0.2) is 5.78 Å². The second-order valence-electron chi connectivity index (χ2n) is 7.37. The molecule has 2 aliphatic rings. The van der Waals surface area contributed by atoms with E-state index in [0.29, 0.717) is 34.8 Å². The van der Waals surface area contributed by atoms with Gasteiger partial charge in [-0.1, -0.05) is 12.1 Å². The maximum Gasteiger partial charge on any atom is 0.254 e. The van der Waals surface area contributed by atoms with Gasteiger partial charge in [-0.05, 0) is 51.0 Å². The number of methoxy groups -OCH3 is 1. The van der Waals surface area contributed by atoms with Gasteiger partial charge in [-0.15, -0.1) is 0 Å². The molecule has 29 heavy (non-hydrogen) atoms. The van der Waals surface area contributed by atoms with Crippen LogP contribution in [0.1, 0.15) is 43.6 Å². The summed E-state index contributed by atoms with van der Waals surface area (Å²) in [6, 6.07) is 10.9. The van der Waals surface area contributed by atoms with Crippen LogP contribution in [-0.2, 0) is 9.59 Å². The lowest BCUT2D eigenvalue weighted by atomic mass is 9.77. The van der Waals surface area contributed by atoms with Gasteiger partial charge in [-0.25, -0.2) is 0 Å². The number of ether oxygens (including phenoxy) is 1. The molecule has 2 N–H and O–H groups in total. The van der Waals surface area contributed by atoms with E-state index in [4.69, 9.17) is 9.15 Å². The van der Waals surface area contributed by atoms with Crippen LogP contribution in [0, 0.1) is 6.92 Å². The van der Waals surface area contributed by atoms with Crippen LogP contribution in [0.2, 0.25) is 0 Å². The largest absolute Gasteiger partial charge is 0.495 e. The highest BCUT2D eigenvalue weighted by Gasteiger charge is 2.40. The first-order chi connectivity index (χ1) is 14.0. The van der Waals surface area contributed by atoms with Crippen molar-refractivity contribution < 1.29 is 18.7 Å². The molecule has 1 amide bonds. The molecular weight excluding hydrogens is 368 g/mol. The number of para-hydroxylation sites is 2. The number of anilines is 1. The average molecular weight is 392 g/mol. The molecule has 4 rings (SSSR count). The molecule has 150 valence electrons. The summed E-state index contributed by atoms with van der Waals surface area (Å²) in [6.45, 7) is 3.72. The van der Waals surface area contributed by atoms with Gasteiger partial charge < -0.3 is 19.8 Å². The van der Waals surface area contributed by atoms with Crippen molar-refractivity contribution in [3.05, 3.63) is 70.5 Å². The van der Waals surface area contributed by atoms with Crippen molar-refractivity contribution in [2.24, 2.45) is 0 Å². The SMILES string of the molecule is COc1ccccc1NC(=O)C1=C(C)NC2=C(C(=O)CCC2)[C@@H]1c1ccc(C)o1. The number of hydrogen-bond donors (Lipinski definition) is 2. The van der Waals surface area contributed by atoms with Gasteiger partial charge in [0.05, 0.1) is 24.3 Å².